The molecule has 5 nitrogen and oxygen atoms in total. The van der Waals surface area contributed by atoms with Crippen LogP contribution in [0, 0.1) is 6.92 Å². The molecule has 0 radical (unpaired) electrons. The first-order valence-corrected chi connectivity index (χ1v) is 7.25. The van der Waals surface area contributed by atoms with E-state index < -0.39 is 0 Å². The molecule has 0 amide bonds. The molecule has 1 aliphatic heterocycles. The van der Waals surface area contributed by atoms with E-state index in [2.05, 4.69) is 20.2 Å². The quantitative estimate of drug-likeness (QED) is 0.585. The molecule has 0 aliphatic carbocycles. The van der Waals surface area contributed by atoms with Gasteiger partial charge in [0.05, 0.1) is 6.10 Å². The molecule has 1 unspecified atom stereocenters. The molecule has 18 heavy (non-hydrogen) atoms. The first kappa shape index (κ1) is 13.7. The molecule has 100 valence electrons. The predicted molar refractivity (Wildman–Crippen MR) is 72.8 cm³/mol. The molecule has 1 aliphatic rings. The maximum absolute atomic E-state index is 9.98. The van der Waals surface area contributed by atoms with Gasteiger partial charge in [-0.2, -0.15) is 0 Å². The molecule has 0 spiro atoms. The molecule has 2 heterocycles. The Kier molecular flexibility index (Phi) is 5.37. The molecule has 0 aromatic carbocycles. The van der Waals surface area contributed by atoms with Crippen LogP contribution in [-0.2, 0) is 0 Å². The summed E-state index contributed by atoms with van der Waals surface area (Å²) in [7, 11) is 0. The Balaban J connectivity index is 1.70. The number of nitrogens with one attached hydrogen (secondary N) is 1. The monoisotopic (exact) mass is 268 g/mol. The lowest BCUT2D eigenvalue weighted by atomic mass is 10.3. The molecule has 1 aromatic rings. The van der Waals surface area contributed by atoms with Crippen molar-refractivity contribution in [2.45, 2.75) is 18.2 Å². The van der Waals surface area contributed by atoms with E-state index in [9.17, 15) is 5.11 Å². The van der Waals surface area contributed by atoms with Gasteiger partial charge < -0.3 is 10.4 Å². The standard InChI is InChI=1S/C12H20N4OS/c1-10-6-14-12(15-7-10)18-9-11(17)8-16-4-2-13-3-5-16/h6-7,11,13,17H,2-5,8-9H2,1H3. The highest BCUT2D eigenvalue weighted by atomic mass is 32.2. The Labute approximate surface area is 112 Å². The zero-order valence-corrected chi connectivity index (χ0v) is 11.5. The van der Waals surface area contributed by atoms with Gasteiger partial charge in [-0.15, -0.1) is 0 Å². The number of piperazine rings is 1. The van der Waals surface area contributed by atoms with Crippen molar-refractivity contribution in [3.63, 3.8) is 0 Å². The van der Waals surface area contributed by atoms with Gasteiger partial charge in [-0.3, -0.25) is 4.90 Å². The summed E-state index contributed by atoms with van der Waals surface area (Å²) in [6, 6.07) is 0. The largest absolute Gasteiger partial charge is 0.391 e. The van der Waals surface area contributed by atoms with Crippen LogP contribution in [0.15, 0.2) is 17.6 Å². The van der Waals surface area contributed by atoms with Gasteiger partial charge in [0, 0.05) is 50.9 Å². The smallest absolute Gasteiger partial charge is 0.187 e. The zero-order chi connectivity index (χ0) is 12.8. The average Bonchev–Trinajstić information content (AvgIpc) is 2.39. The van der Waals surface area contributed by atoms with Crippen molar-refractivity contribution >= 4 is 11.8 Å². The van der Waals surface area contributed by atoms with Crippen molar-refractivity contribution < 1.29 is 5.11 Å². The number of hydrogen-bond acceptors (Lipinski definition) is 6. The number of aliphatic hydroxyl groups is 1. The number of rotatable bonds is 5. The average molecular weight is 268 g/mol. The molecular formula is C12H20N4OS. The Morgan fingerprint density at radius 3 is 2.72 bits per heavy atom. The minimum atomic E-state index is -0.321. The number of aryl methyl sites for hydroxylation is 1. The van der Waals surface area contributed by atoms with Crippen LogP contribution in [0.25, 0.3) is 0 Å². The summed E-state index contributed by atoms with van der Waals surface area (Å²) in [5.74, 6) is 0.646. The summed E-state index contributed by atoms with van der Waals surface area (Å²) in [6.07, 6.45) is 3.29. The lowest BCUT2D eigenvalue weighted by Gasteiger charge is -2.28. The molecule has 2 N–H and O–H groups in total. The third-order valence-electron chi connectivity index (χ3n) is 2.84. The van der Waals surface area contributed by atoms with Crippen molar-refractivity contribution in [2.24, 2.45) is 0 Å². The van der Waals surface area contributed by atoms with E-state index >= 15 is 0 Å². The molecule has 0 saturated carbocycles. The molecule has 0 bridgehead atoms. The second-order valence-corrected chi connectivity index (χ2v) is 5.55. The minimum Gasteiger partial charge on any atom is -0.391 e. The van der Waals surface area contributed by atoms with Crippen molar-refractivity contribution in [3.8, 4) is 0 Å². The Morgan fingerprint density at radius 1 is 1.39 bits per heavy atom. The maximum atomic E-state index is 9.98. The van der Waals surface area contributed by atoms with Crippen LogP contribution in [0.3, 0.4) is 0 Å². The van der Waals surface area contributed by atoms with Crippen LogP contribution in [-0.4, -0.2) is 64.6 Å². The molecule has 1 saturated heterocycles. The van der Waals surface area contributed by atoms with E-state index in [1.807, 2.05) is 6.92 Å². The fourth-order valence-corrected chi connectivity index (χ4v) is 2.57. The maximum Gasteiger partial charge on any atom is 0.187 e. The van der Waals surface area contributed by atoms with Crippen molar-refractivity contribution in [3.05, 3.63) is 18.0 Å². The van der Waals surface area contributed by atoms with E-state index in [1.165, 1.54) is 11.8 Å². The minimum absolute atomic E-state index is 0.321. The number of β-amino-alcohol motifs (C(OH)–C–C–N with tert-alkyl or cyclic N) is 1. The Morgan fingerprint density at radius 2 is 2.06 bits per heavy atom. The van der Waals surface area contributed by atoms with Gasteiger partial charge in [-0.05, 0) is 12.5 Å². The number of hydrogen-bond donors (Lipinski definition) is 2. The van der Waals surface area contributed by atoms with Gasteiger partial charge in [-0.1, -0.05) is 11.8 Å². The second-order valence-electron chi connectivity index (χ2n) is 4.56. The molecule has 6 heteroatoms. The van der Waals surface area contributed by atoms with Gasteiger partial charge >= 0.3 is 0 Å². The summed E-state index contributed by atoms with van der Waals surface area (Å²) in [6.45, 7) is 6.77. The van der Waals surface area contributed by atoms with E-state index in [0.29, 0.717) is 5.75 Å². The fourth-order valence-electron chi connectivity index (χ4n) is 1.87. The van der Waals surface area contributed by atoms with Gasteiger partial charge in [0.1, 0.15) is 0 Å². The van der Waals surface area contributed by atoms with Crippen molar-refractivity contribution in [1.82, 2.24) is 20.2 Å². The molecule has 1 fully saturated rings. The van der Waals surface area contributed by atoms with Crippen molar-refractivity contribution in [2.75, 3.05) is 38.5 Å². The molecule has 2 rings (SSSR count). The van der Waals surface area contributed by atoms with Crippen LogP contribution in [0.4, 0.5) is 0 Å². The number of thioether (sulfide) groups is 1. The lowest BCUT2D eigenvalue weighted by molar-refractivity contribution is 0.121. The molecule has 1 atom stereocenters. The van der Waals surface area contributed by atoms with E-state index in [4.69, 9.17) is 0 Å². The Bertz CT molecular complexity index is 354. The molecule has 1 aromatic heterocycles. The summed E-state index contributed by atoms with van der Waals surface area (Å²) in [4.78, 5) is 10.7. The number of aromatic nitrogens is 2. The molecular weight excluding hydrogens is 248 g/mol. The first-order valence-electron chi connectivity index (χ1n) is 6.26. The third-order valence-corrected chi connectivity index (χ3v) is 3.86. The normalized spacial score (nSPS) is 18.8. The highest BCUT2D eigenvalue weighted by Crippen LogP contribution is 2.13. The fraction of sp³-hybridized carbons (Fsp3) is 0.667. The first-order chi connectivity index (χ1) is 8.74. The lowest BCUT2D eigenvalue weighted by Crippen LogP contribution is -2.46. The van der Waals surface area contributed by atoms with Crippen LogP contribution < -0.4 is 5.32 Å². The number of aliphatic hydroxyl groups excluding tert-OH is 1. The summed E-state index contributed by atoms with van der Waals surface area (Å²) >= 11 is 1.51. The van der Waals surface area contributed by atoms with Crippen LogP contribution in [0.2, 0.25) is 0 Å². The van der Waals surface area contributed by atoms with Gasteiger partial charge in [-0.25, -0.2) is 9.97 Å². The van der Waals surface area contributed by atoms with Crippen LogP contribution in [0.1, 0.15) is 5.56 Å². The summed E-state index contributed by atoms with van der Waals surface area (Å²) < 4.78 is 0. The van der Waals surface area contributed by atoms with Crippen LogP contribution in [0.5, 0.6) is 0 Å². The van der Waals surface area contributed by atoms with Crippen molar-refractivity contribution in [1.29, 1.82) is 0 Å². The van der Waals surface area contributed by atoms with Crippen LogP contribution >= 0.6 is 11.8 Å². The van der Waals surface area contributed by atoms with Gasteiger partial charge in [0.2, 0.25) is 0 Å². The zero-order valence-electron chi connectivity index (χ0n) is 10.7. The van der Waals surface area contributed by atoms with Gasteiger partial charge in [0.15, 0.2) is 5.16 Å². The van der Waals surface area contributed by atoms with E-state index in [0.717, 1.165) is 43.4 Å². The van der Waals surface area contributed by atoms with Gasteiger partial charge in [0.25, 0.3) is 0 Å². The van der Waals surface area contributed by atoms with E-state index in [1.54, 1.807) is 12.4 Å². The third kappa shape index (κ3) is 4.53. The number of nitrogens with zero attached hydrogens (tertiary/aromatic N) is 3. The second kappa shape index (κ2) is 7.04. The summed E-state index contributed by atoms with van der Waals surface area (Å²) in [5, 5.41) is 14.0. The SMILES string of the molecule is Cc1cnc(SCC(O)CN2CCNCC2)nc1. The highest BCUT2D eigenvalue weighted by Gasteiger charge is 2.14. The topological polar surface area (TPSA) is 61.3 Å². The predicted octanol–water partition coefficient (Wildman–Crippen LogP) is 0.143. The summed E-state index contributed by atoms with van der Waals surface area (Å²) in [5.41, 5.74) is 1.06. The Hall–Kier alpha value is -0.690. The highest BCUT2D eigenvalue weighted by molar-refractivity contribution is 7.99. The van der Waals surface area contributed by atoms with E-state index in [-0.39, 0.29) is 6.10 Å².